The van der Waals surface area contributed by atoms with E-state index in [1.54, 1.807) is 12.1 Å². The molecule has 2 rings (SSSR count). The number of nitrogens with one attached hydrogen (secondary N) is 1. The average molecular weight is 219 g/mol. The second-order valence-electron chi connectivity index (χ2n) is 4.63. The van der Waals surface area contributed by atoms with Crippen LogP contribution in [0.3, 0.4) is 0 Å². The molecule has 0 radical (unpaired) electrons. The molecule has 0 aliphatic carbocycles. The Hall–Kier alpha value is -1.35. The molecule has 1 fully saturated rings. The largest absolute Gasteiger partial charge is 0.478 e. The minimum atomic E-state index is -0.848. The van der Waals surface area contributed by atoms with Gasteiger partial charge in [0, 0.05) is 6.54 Å². The lowest BCUT2D eigenvalue weighted by Gasteiger charge is -2.28. The Balaban J connectivity index is 2.19. The van der Waals surface area contributed by atoms with Crippen molar-refractivity contribution in [3.05, 3.63) is 35.4 Å². The maximum atomic E-state index is 10.9. The van der Waals surface area contributed by atoms with Gasteiger partial charge in [-0.15, -0.1) is 0 Å². The van der Waals surface area contributed by atoms with E-state index in [4.69, 9.17) is 5.11 Å². The quantitative estimate of drug-likeness (QED) is 0.800. The number of aromatic carboxylic acids is 1. The molecule has 1 heterocycles. The Bertz CT molecular complexity index is 389. The van der Waals surface area contributed by atoms with Crippen LogP contribution in [-0.2, 0) is 0 Å². The minimum absolute atomic E-state index is 0.385. The van der Waals surface area contributed by atoms with Crippen LogP contribution in [0.1, 0.15) is 35.2 Å². The van der Waals surface area contributed by atoms with Crippen molar-refractivity contribution in [1.29, 1.82) is 0 Å². The highest BCUT2D eigenvalue weighted by molar-refractivity contribution is 5.87. The van der Waals surface area contributed by atoms with Crippen molar-refractivity contribution in [3.8, 4) is 0 Å². The second kappa shape index (κ2) is 4.66. The molecule has 2 unspecified atom stereocenters. The summed E-state index contributed by atoms with van der Waals surface area (Å²) in [5.41, 5.74) is 1.52. The van der Waals surface area contributed by atoms with E-state index < -0.39 is 5.97 Å². The number of carbonyl (C=O) groups is 1. The summed E-state index contributed by atoms with van der Waals surface area (Å²) in [7, 11) is 0. The number of carboxylic acid groups (broad SMARTS) is 1. The van der Waals surface area contributed by atoms with E-state index in [1.807, 2.05) is 12.1 Å². The molecule has 2 atom stereocenters. The van der Waals surface area contributed by atoms with E-state index in [0.29, 0.717) is 17.4 Å². The number of carboxylic acids is 1. The Morgan fingerprint density at radius 3 is 2.94 bits per heavy atom. The van der Waals surface area contributed by atoms with Gasteiger partial charge in [-0.1, -0.05) is 19.1 Å². The first-order valence-corrected chi connectivity index (χ1v) is 5.71. The van der Waals surface area contributed by atoms with E-state index in [9.17, 15) is 4.79 Å². The number of piperidine rings is 1. The van der Waals surface area contributed by atoms with Crippen molar-refractivity contribution in [1.82, 2.24) is 5.32 Å². The molecular weight excluding hydrogens is 202 g/mol. The normalized spacial score (nSPS) is 25.3. The molecule has 0 saturated carbocycles. The van der Waals surface area contributed by atoms with Crippen molar-refractivity contribution in [2.45, 2.75) is 19.3 Å². The molecule has 86 valence electrons. The standard InChI is InChI=1S/C13H17NO2/c1-9-5-12(8-14-7-9)10-3-2-4-11(6-10)13(15)16/h2-4,6,9,12,14H,5,7-8H2,1H3,(H,15,16). The van der Waals surface area contributed by atoms with Crippen LogP contribution in [0.2, 0.25) is 0 Å². The Morgan fingerprint density at radius 2 is 2.25 bits per heavy atom. The van der Waals surface area contributed by atoms with Gasteiger partial charge in [-0.05, 0) is 42.5 Å². The zero-order chi connectivity index (χ0) is 11.5. The third-order valence-electron chi connectivity index (χ3n) is 3.18. The molecule has 3 heteroatoms. The summed E-state index contributed by atoms with van der Waals surface area (Å²) in [5.74, 6) is 0.258. The lowest BCUT2D eigenvalue weighted by Crippen LogP contribution is -2.33. The first-order chi connectivity index (χ1) is 7.66. The van der Waals surface area contributed by atoms with Crippen LogP contribution < -0.4 is 5.32 Å². The molecule has 1 aliphatic heterocycles. The molecule has 0 bridgehead atoms. The molecule has 0 spiro atoms. The first kappa shape index (κ1) is 11.1. The molecular formula is C13H17NO2. The molecule has 2 N–H and O–H groups in total. The van der Waals surface area contributed by atoms with Crippen LogP contribution in [0, 0.1) is 5.92 Å². The molecule has 1 saturated heterocycles. The fraction of sp³-hybridized carbons (Fsp3) is 0.462. The molecule has 1 aromatic rings. The van der Waals surface area contributed by atoms with Crippen LogP contribution in [0.4, 0.5) is 0 Å². The highest BCUT2D eigenvalue weighted by Crippen LogP contribution is 2.26. The van der Waals surface area contributed by atoms with Crippen LogP contribution in [0.25, 0.3) is 0 Å². The van der Waals surface area contributed by atoms with E-state index in [1.165, 1.54) is 0 Å². The van der Waals surface area contributed by atoms with Crippen LogP contribution in [-0.4, -0.2) is 24.2 Å². The fourth-order valence-electron chi connectivity index (χ4n) is 2.34. The van der Waals surface area contributed by atoms with Crippen molar-refractivity contribution >= 4 is 5.97 Å². The average Bonchev–Trinajstić information content (AvgIpc) is 2.29. The summed E-state index contributed by atoms with van der Waals surface area (Å²) in [6, 6.07) is 7.30. The second-order valence-corrected chi connectivity index (χ2v) is 4.63. The summed E-state index contributed by atoms with van der Waals surface area (Å²) in [4.78, 5) is 10.9. The summed E-state index contributed by atoms with van der Waals surface area (Å²) < 4.78 is 0. The maximum absolute atomic E-state index is 10.9. The van der Waals surface area contributed by atoms with Crippen LogP contribution in [0.15, 0.2) is 24.3 Å². The number of hydrogen-bond acceptors (Lipinski definition) is 2. The molecule has 3 nitrogen and oxygen atoms in total. The van der Waals surface area contributed by atoms with Gasteiger partial charge in [-0.25, -0.2) is 4.79 Å². The summed E-state index contributed by atoms with van der Waals surface area (Å²) in [6.07, 6.45) is 1.13. The Morgan fingerprint density at radius 1 is 1.44 bits per heavy atom. The van der Waals surface area contributed by atoms with Gasteiger partial charge in [0.25, 0.3) is 0 Å². The van der Waals surface area contributed by atoms with E-state index in [-0.39, 0.29) is 0 Å². The van der Waals surface area contributed by atoms with Gasteiger partial charge in [0.1, 0.15) is 0 Å². The van der Waals surface area contributed by atoms with E-state index >= 15 is 0 Å². The zero-order valence-electron chi connectivity index (χ0n) is 9.44. The Labute approximate surface area is 95.5 Å². The van der Waals surface area contributed by atoms with Crippen LogP contribution in [0.5, 0.6) is 0 Å². The highest BCUT2D eigenvalue weighted by atomic mass is 16.4. The monoisotopic (exact) mass is 219 g/mol. The predicted molar refractivity (Wildman–Crippen MR) is 62.8 cm³/mol. The van der Waals surface area contributed by atoms with Crippen molar-refractivity contribution in [2.24, 2.45) is 5.92 Å². The topological polar surface area (TPSA) is 49.3 Å². The lowest BCUT2D eigenvalue weighted by atomic mass is 9.86. The number of hydrogen-bond donors (Lipinski definition) is 2. The van der Waals surface area contributed by atoms with Gasteiger partial charge >= 0.3 is 5.97 Å². The van der Waals surface area contributed by atoms with Gasteiger partial charge < -0.3 is 10.4 Å². The third kappa shape index (κ3) is 2.42. The first-order valence-electron chi connectivity index (χ1n) is 5.71. The molecule has 0 aromatic heterocycles. The molecule has 16 heavy (non-hydrogen) atoms. The van der Waals surface area contributed by atoms with Crippen molar-refractivity contribution in [2.75, 3.05) is 13.1 Å². The molecule has 1 aliphatic rings. The van der Waals surface area contributed by atoms with Gasteiger partial charge in [-0.3, -0.25) is 0 Å². The van der Waals surface area contributed by atoms with E-state index in [2.05, 4.69) is 12.2 Å². The van der Waals surface area contributed by atoms with Crippen molar-refractivity contribution in [3.63, 3.8) is 0 Å². The summed E-state index contributed by atoms with van der Waals surface area (Å²) in [5, 5.41) is 12.3. The SMILES string of the molecule is CC1CNCC(c2cccc(C(=O)O)c2)C1. The van der Waals surface area contributed by atoms with Gasteiger partial charge in [0.15, 0.2) is 0 Å². The summed E-state index contributed by atoms with van der Waals surface area (Å²) in [6.45, 7) is 4.24. The zero-order valence-corrected chi connectivity index (χ0v) is 9.44. The van der Waals surface area contributed by atoms with Gasteiger partial charge in [-0.2, -0.15) is 0 Å². The van der Waals surface area contributed by atoms with Gasteiger partial charge in [0.05, 0.1) is 5.56 Å². The third-order valence-corrected chi connectivity index (χ3v) is 3.18. The van der Waals surface area contributed by atoms with E-state index in [0.717, 1.165) is 25.1 Å². The minimum Gasteiger partial charge on any atom is -0.478 e. The molecule has 1 aromatic carbocycles. The molecule has 0 amide bonds. The highest BCUT2D eigenvalue weighted by Gasteiger charge is 2.20. The smallest absolute Gasteiger partial charge is 0.335 e. The lowest BCUT2D eigenvalue weighted by molar-refractivity contribution is 0.0696. The fourth-order valence-corrected chi connectivity index (χ4v) is 2.34. The predicted octanol–water partition coefficient (Wildman–Crippen LogP) is 2.10. The Kier molecular flexibility index (Phi) is 3.25. The van der Waals surface area contributed by atoms with Gasteiger partial charge in [0.2, 0.25) is 0 Å². The van der Waals surface area contributed by atoms with Crippen LogP contribution >= 0.6 is 0 Å². The number of rotatable bonds is 2. The maximum Gasteiger partial charge on any atom is 0.335 e. The summed E-state index contributed by atoms with van der Waals surface area (Å²) >= 11 is 0. The van der Waals surface area contributed by atoms with Crippen molar-refractivity contribution < 1.29 is 9.90 Å². The number of benzene rings is 1.